The number of halogens is 1. The Morgan fingerprint density at radius 1 is 0.967 bits per heavy atom. The second-order valence-electron chi connectivity index (χ2n) is 7.64. The van der Waals surface area contributed by atoms with Crippen molar-refractivity contribution in [2.24, 2.45) is 0 Å². The lowest BCUT2D eigenvalue weighted by Gasteiger charge is -2.34. The van der Waals surface area contributed by atoms with E-state index in [1.54, 1.807) is 0 Å². The van der Waals surface area contributed by atoms with Gasteiger partial charge >= 0.3 is 0 Å². The lowest BCUT2D eigenvalue weighted by atomic mass is 10.2. The van der Waals surface area contributed by atoms with Crippen molar-refractivity contribution in [1.82, 2.24) is 14.4 Å². The standard InChI is InChI=1S/C23H25FN4O2/c1-17-14-18-4-2-3-5-21(18)28(17)16-23(30)27-12-10-26(11-13-27)15-22(29)25-20-8-6-19(24)7-9-20/h2-9,14H,10-13,15-16H2,1H3,(H,25,29). The number of piperazine rings is 1. The number of aromatic nitrogens is 1. The molecule has 0 bridgehead atoms. The summed E-state index contributed by atoms with van der Waals surface area (Å²) < 4.78 is 15.0. The number of anilines is 1. The van der Waals surface area contributed by atoms with Gasteiger partial charge in [0.05, 0.1) is 6.54 Å². The molecule has 0 radical (unpaired) electrons. The second kappa shape index (κ2) is 8.67. The Morgan fingerprint density at radius 3 is 2.40 bits per heavy atom. The number of hydrogen-bond acceptors (Lipinski definition) is 3. The van der Waals surface area contributed by atoms with Crippen LogP contribution in [-0.2, 0) is 16.1 Å². The molecule has 1 aromatic heterocycles. The molecule has 2 amide bonds. The monoisotopic (exact) mass is 408 g/mol. The summed E-state index contributed by atoms with van der Waals surface area (Å²) in [6, 6.07) is 15.9. The molecule has 1 N–H and O–H groups in total. The predicted octanol–water partition coefficient (Wildman–Crippen LogP) is 2.87. The van der Waals surface area contributed by atoms with Crippen LogP contribution >= 0.6 is 0 Å². The number of amides is 2. The minimum absolute atomic E-state index is 0.0925. The van der Waals surface area contributed by atoms with Crippen molar-refractivity contribution in [2.45, 2.75) is 13.5 Å². The third-order valence-corrected chi connectivity index (χ3v) is 5.53. The third kappa shape index (κ3) is 4.52. The van der Waals surface area contributed by atoms with Gasteiger partial charge in [0.15, 0.2) is 0 Å². The van der Waals surface area contributed by atoms with Crippen LogP contribution in [0.25, 0.3) is 10.9 Å². The van der Waals surface area contributed by atoms with Crippen molar-refractivity contribution in [3.05, 3.63) is 66.1 Å². The summed E-state index contributed by atoms with van der Waals surface area (Å²) in [6.45, 7) is 5.08. The Labute approximate surface area is 174 Å². The van der Waals surface area contributed by atoms with Gasteiger partial charge in [-0.15, -0.1) is 0 Å². The number of benzene rings is 2. The molecule has 2 heterocycles. The third-order valence-electron chi connectivity index (χ3n) is 5.53. The maximum absolute atomic E-state index is 13.0. The van der Waals surface area contributed by atoms with E-state index in [-0.39, 0.29) is 24.2 Å². The summed E-state index contributed by atoms with van der Waals surface area (Å²) in [6.07, 6.45) is 0. The lowest BCUT2D eigenvalue weighted by Crippen LogP contribution is -2.51. The fraction of sp³-hybridized carbons (Fsp3) is 0.304. The molecule has 7 heteroatoms. The fourth-order valence-corrected chi connectivity index (χ4v) is 3.89. The average molecular weight is 408 g/mol. The first-order valence-electron chi connectivity index (χ1n) is 10.1. The Hall–Kier alpha value is -3.19. The van der Waals surface area contributed by atoms with Gasteiger partial charge < -0.3 is 14.8 Å². The Kier molecular flexibility index (Phi) is 5.81. The van der Waals surface area contributed by atoms with E-state index in [0.717, 1.165) is 16.6 Å². The van der Waals surface area contributed by atoms with Crippen molar-refractivity contribution in [3.63, 3.8) is 0 Å². The van der Waals surface area contributed by atoms with E-state index in [9.17, 15) is 14.0 Å². The van der Waals surface area contributed by atoms with Crippen molar-refractivity contribution in [1.29, 1.82) is 0 Å². The summed E-state index contributed by atoms with van der Waals surface area (Å²) in [5.41, 5.74) is 2.71. The summed E-state index contributed by atoms with van der Waals surface area (Å²) in [7, 11) is 0. The molecule has 2 aromatic carbocycles. The summed E-state index contributed by atoms with van der Waals surface area (Å²) in [4.78, 5) is 29.0. The van der Waals surface area contributed by atoms with E-state index in [1.165, 1.54) is 24.3 Å². The molecule has 30 heavy (non-hydrogen) atoms. The molecule has 156 valence electrons. The molecule has 1 saturated heterocycles. The summed E-state index contributed by atoms with van der Waals surface area (Å²) >= 11 is 0. The Balaban J connectivity index is 1.28. The van der Waals surface area contributed by atoms with Crippen LogP contribution in [0.2, 0.25) is 0 Å². The van der Waals surface area contributed by atoms with Crippen LogP contribution in [0, 0.1) is 12.7 Å². The molecule has 1 fully saturated rings. The van der Waals surface area contributed by atoms with E-state index in [0.29, 0.717) is 38.4 Å². The molecule has 0 saturated carbocycles. The molecule has 0 spiro atoms. The van der Waals surface area contributed by atoms with Crippen molar-refractivity contribution < 1.29 is 14.0 Å². The molecule has 4 rings (SSSR count). The van der Waals surface area contributed by atoms with Crippen LogP contribution in [0.5, 0.6) is 0 Å². The Morgan fingerprint density at radius 2 is 1.67 bits per heavy atom. The smallest absolute Gasteiger partial charge is 0.242 e. The van der Waals surface area contributed by atoms with Crippen LogP contribution in [0.4, 0.5) is 10.1 Å². The predicted molar refractivity (Wildman–Crippen MR) is 115 cm³/mol. The fourth-order valence-electron chi connectivity index (χ4n) is 3.89. The maximum atomic E-state index is 13.0. The molecule has 6 nitrogen and oxygen atoms in total. The van der Waals surface area contributed by atoms with Gasteiger partial charge in [0.2, 0.25) is 11.8 Å². The molecule has 1 aliphatic rings. The van der Waals surface area contributed by atoms with Gasteiger partial charge in [-0.2, -0.15) is 0 Å². The van der Waals surface area contributed by atoms with Crippen LogP contribution in [0.15, 0.2) is 54.6 Å². The second-order valence-corrected chi connectivity index (χ2v) is 7.64. The Bertz CT molecular complexity index is 1050. The number of fused-ring (bicyclic) bond motifs is 1. The molecule has 0 atom stereocenters. The normalized spacial score (nSPS) is 14.8. The van der Waals surface area contributed by atoms with Crippen LogP contribution in [0.3, 0.4) is 0 Å². The lowest BCUT2D eigenvalue weighted by molar-refractivity contribution is -0.133. The van der Waals surface area contributed by atoms with Gasteiger partial charge in [0.1, 0.15) is 12.4 Å². The van der Waals surface area contributed by atoms with Crippen molar-refractivity contribution in [2.75, 3.05) is 38.0 Å². The number of aryl methyl sites for hydroxylation is 1. The van der Waals surface area contributed by atoms with Gasteiger partial charge in [-0.25, -0.2) is 4.39 Å². The minimum Gasteiger partial charge on any atom is -0.339 e. The molecular formula is C23H25FN4O2. The molecule has 0 aliphatic carbocycles. The van der Waals surface area contributed by atoms with Gasteiger partial charge in [0.25, 0.3) is 0 Å². The zero-order valence-corrected chi connectivity index (χ0v) is 17.0. The van der Waals surface area contributed by atoms with Gasteiger partial charge in [-0.1, -0.05) is 18.2 Å². The highest BCUT2D eigenvalue weighted by molar-refractivity contribution is 5.92. The summed E-state index contributed by atoms with van der Waals surface area (Å²) in [5, 5.41) is 3.91. The van der Waals surface area contributed by atoms with Crippen LogP contribution < -0.4 is 5.32 Å². The zero-order valence-electron chi connectivity index (χ0n) is 17.0. The average Bonchev–Trinajstić information content (AvgIpc) is 3.05. The first-order chi connectivity index (χ1) is 14.5. The minimum atomic E-state index is -0.336. The molecule has 1 aliphatic heterocycles. The van der Waals surface area contributed by atoms with Crippen molar-refractivity contribution >= 4 is 28.4 Å². The van der Waals surface area contributed by atoms with Crippen molar-refractivity contribution in [3.8, 4) is 0 Å². The first kappa shape index (κ1) is 20.1. The van der Waals surface area contributed by atoms with E-state index in [4.69, 9.17) is 0 Å². The number of nitrogens with one attached hydrogen (secondary N) is 1. The summed E-state index contributed by atoms with van der Waals surface area (Å²) in [5.74, 6) is -0.387. The first-order valence-corrected chi connectivity index (χ1v) is 10.1. The van der Waals surface area contributed by atoms with Crippen LogP contribution in [0.1, 0.15) is 5.69 Å². The van der Waals surface area contributed by atoms with Gasteiger partial charge in [-0.05, 0) is 48.7 Å². The highest BCUT2D eigenvalue weighted by Crippen LogP contribution is 2.19. The van der Waals surface area contributed by atoms with Crippen LogP contribution in [-0.4, -0.2) is 58.9 Å². The number of nitrogens with zero attached hydrogens (tertiary/aromatic N) is 3. The maximum Gasteiger partial charge on any atom is 0.242 e. The van der Waals surface area contributed by atoms with Gasteiger partial charge in [-0.3, -0.25) is 14.5 Å². The van der Waals surface area contributed by atoms with E-state index < -0.39 is 0 Å². The molecule has 0 unspecified atom stereocenters. The van der Waals surface area contributed by atoms with Gasteiger partial charge in [0, 0.05) is 43.1 Å². The number of carbonyl (C=O) groups is 2. The number of rotatable bonds is 5. The van der Waals surface area contributed by atoms with E-state index in [2.05, 4.69) is 22.0 Å². The quantitative estimate of drug-likeness (QED) is 0.706. The molecule has 3 aromatic rings. The number of hydrogen-bond donors (Lipinski definition) is 1. The zero-order chi connectivity index (χ0) is 21.1. The van der Waals surface area contributed by atoms with E-state index in [1.807, 2.05) is 34.9 Å². The topological polar surface area (TPSA) is 57.6 Å². The number of para-hydroxylation sites is 1. The highest BCUT2D eigenvalue weighted by atomic mass is 19.1. The largest absolute Gasteiger partial charge is 0.339 e. The number of carbonyl (C=O) groups excluding carboxylic acids is 2. The highest BCUT2D eigenvalue weighted by Gasteiger charge is 2.23. The molecular weight excluding hydrogens is 383 g/mol. The SMILES string of the molecule is Cc1cc2ccccc2n1CC(=O)N1CCN(CC(=O)Nc2ccc(F)cc2)CC1. The van der Waals surface area contributed by atoms with E-state index >= 15 is 0 Å².